The lowest BCUT2D eigenvalue weighted by molar-refractivity contribution is -0.122. The molecule has 0 bridgehead atoms. The molecule has 1 N–H and O–H groups in total. The average molecular weight is 315 g/mol. The minimum Gasteiger partial charge on any atom is -0.342 e. The van der Waals surface area contributed by atoms with E-state index in [0.29, 0.717) is 12.3 Å². The molecule has 0 radical (unpaired) electrons. The summed E-state index contributed by atoms with van der Waals surface area (Å²) in [5.74, 6) is 0.987. The van der Waals surface area contributed by atoms with Gasteiger partial charge in [0.05, 0.1) is 0 Å². The molecule has 3 rings (SSSR count). The number of nitrogens with zero attached hydrogens (tertiary/aromatic N) is 2. The molecule has 4 nitrogen and oxygen atoms in total. The van der Waals surface area contributed by atoms with E-state index in [1.807, 2.05) is 17.8 Å². The fraction of sp³-hybridized carbons (Fsp3) is 0.444. The summed E-state index contributed by atoms with van der Waals surface area (Å²) in [6, 6.07) is 5.86. The van der Waals surface area contributed by atoms with Crippen LogP contribution in [0.2, 0.25) is 0 Å². The molecule has 1 aliphatic carbocycles. The first kappa shape index (κ1) is 15.7. The van der Waals surface area contributed by atoms with Crippen molar-refractivity contribution in [2.24, 2.45) is 13.0 Å². The van der Waals surface area contributed by atoms with Crippen LogP contribution in [-0.2, 0) is 11.8 Å². The molecule has 1 aromatic heterocycles. The van der Waals surface area contributed by atoms with E-state index in [4.69, 9.17) is 0 Å². The van der Waals surface area contributed by atoms with Gasteiger partial charge in [-0.2, -0.15) is 0 Å². The molecule has 0 aliphatic heterocycles. The molecule has 1 aromatic carbocycles. The van der Waals surface area contributed by atoms with E-state index in [2.05, 4.69) is 10.3 Å². The van der Waals surface area contributed by atoms with E-state index in [1.54, 1.807) is 18.3 Å². The SMILES string of the molecule is Cn1ccnc1[C@@H](NC(=O)CC1CCCC1)c1ccc(F)cc1. The van der Waals surface area contributed by atoms with Gasteiger partial charge in [0.2, 0.25) is 5.91 Å². The predicted molar refractivity (Wildman–Crippen MR) is 86.2 cm³/mol. The maximum absolute atomic E-state index is 13.2. The van der Waals surface area contributed by atoms with Crippen molar-refractivity contribution in [3.05, 3.63) is 53.9 Å². The molecule has 0 unspecified atom stereocenters. The molecule has 1 amide bonds. The number of carbonyl (C=O) groups excluding carboxylic acids is 1. The molecular formula is C18H22FN3O. The van der Waals surface area contributed by atoms with Crippen molar-refractivity contribution in [2.45, 2.75) is 38.1 Å². The molecule has 1 fully saturated rings. The van der Waals surface area contributed by atoms with Crippen LogP contribution >= 0.6 is 0 Å². The van der Waals surface area contributed by atoms with E-state index in [-0.39, 0.29) is 17.8 Å². The normalized spacial score (nSPS) is 16.4. The van der Waals surface area contributed by atoms with Crippen LogP contribution in [0.15, 0.2) is 36.7 Å². The van der Waals surface area contributed by atoms with Crippen molar-refractivity contribution in [3.8, 4) is 0 Å². The van der Waals surface area contributed by atoms with E-state index in [1.165, 1.54) is 25.0 Å². The van der Waals surface area contributed by atoms with E-state index < -0.39 is 0 Å². The molecule has 23 heavy (non-hydrogen) atoms. The van der Waals surface area contributed by atoms with Crippen LogP contribution in [0.1, 0.15) is 49.5 Å². The second kappa shape index (κ2) is 6.94. The average Bonchev–Trinajstić information content (AvgIpc) is 3.18. The van der Waals surface area contributed by atoms with Crippen molar-refractivity contribution in [1.29, 1.82) is 0 Å². The Morgan fingerprint density at radius 3 is 2.65 bits per heavy atom. The van der Waals surface area contributed by atoms with Crippen LogP contribution in [0.4, 0.5) is 4.39 Å². The number of aromatic nitrogens is 2. The number of nitrogens with one attached hydrogen (secondary N) is 1. The van der Waals surface area contributed by atoms with E-state index in [0.717, 1.165) is 24.2 Å². The Morgan fingerprint density at radius 2 is 2.04 bits per heavy atom. The van der Waals surface area contributed by atoms with Crippen LogP contribution in [0, 0.1) is 11.7 Å². The first-order valence-electron chi connectivity index (χ1n) is 8.15. The summed E-state index contributed by atoms with van der Waals surface area (Å²) < 4.78 is 15.1. The summed E-state index contributed by atoms with van der Waals surface area (Å²) in [5, 5.41) is 3.08. The van der Waals surface area contributed by atoms with Crippen LogP contribution in [0.25, 0.3) is 0 Å². The number of imidazole rings is 1. The maximum Gasteiger partial charge on any atom is 0.221 e. The summed E-state index contributed by atoms with van der Waals surface area (Å²) in [6.07, 6.45) is 8.82. The minimum atomic E-state index is -0.357. The highest BCUT2D eigenvalue weighted by molar-refractivity contribution is 5.77. The van der Waals surface area contributed by atoms with Gasteiger partial charge in [-0.15, -0.1) is 0 Å². The molecular weight excluding hydrogens is 293 g/mol. The quantitative estimate of drug-likeness (QED) is 0.920. The van der Waals surface area contributed by atoms with Gasteiger partial charge in [0.15, 0.2) is 0 Å². The Morgan fingerprint density at radius 1 is 1.35 bits per heavy atom. The van der Waals surface area contributed by atoms with Crippen LogP contribution in [0.3, 0.4) is 0 Å². The number of halogens is 1. The zero-order chi connectivity index (χ0) is 16.2. The molecule has 0 spiro atoms. The zero-order valence-corrected chi connectivity index (χ0v) is 13.3. The Labute approximate surface area is 135 Å². The molecule has 1 heterocycles. The largest absolute Gasteiger partial charge is 0.342 e. The smallest absolute Gasteiger partial charge is 0.221 e. The summed E-state index contributed by atoms with van der Waals surface area (Å²) in [4.78, 5) is 16.8. The lowest BCUT2D eigenvalue weighted by Gasteiger charge is -2.20. The second-order valence-corrected chi connectivity index (χ2v) is 6.30. The molecule has 1 saturated carbocycles. The van der Waals surface area contributed by atoms with Crippen molar-refractivity contribution in [2.75, 3.05) is 0 Å². The van der Waals surface area contributed by atoms with Gasteiger partial charge in [0.25, 0.3) is 0 Å². The van der Waals surface area contributed by atoms with Crippen LogP contribution in [-0.4, -0.2) is 15.5 Å². The Kier molecular flexibility index (Phi) is 4.74. The monoisotopic (exact) mass is 315 g/mol. The minimum absolute atomic E-state index is 0.0363. The predicted octanol–water partition coefficient (Wildman–Crippen LogP) is 3.35. The number of amides is 1. The van der Waals surface area contributed by atoms with Gasteiger partial charge in [-0.1, -0.05) is 25.0 Å². The third-order valence-electron chi connectivity index (χ3n) is 4.57. The fourth-order valence-electron chi connectivity index (χ4n) is 3.30. The lowest BCUT2D eigenvalue weighted by atomic mass is 10.0. The summed E-state index contributed by atoms with van der Waals surface area (Å²) in [5.41, 5.74) is 0.834. The van der Waals surface area contributed by atoms with Crippen molar-refractivity contribution < 1.29 is 9.18 Å². The number of hydrogen-bond acceptors (Lipinski definition) is 2. The standard InChI is InChI=1S/C18H22FN3O/c1-22-11-10-20-18(22)17(14-6-8-15(19)9-7-14)21-16(23)12-13-4-2-3-5-13/h6-11,13,17H,2-5,12H2,1H3,(H,21,23)/t17-/m0/s1. The Hall–Kier alpha value is -2.17. The zero-order valence-electron chi connectivity index (χ0n) is 13.3. The van der Waals surface area contributed by atoms with Gasteiger partial charge in [-0.25, -0.2) is 9.37 Å². The highest BCUT2D eigenvalue weighted by atomic mass is 19.1. The van der Waals surface area contributed by atoms with Gasteiger partial charge in [0.1, 0.15) is 17.7 Å². The lowest BCUT2D eigenvalue weighted by Crippen LogP contribution is -2.32. The number of carbonyl (C=O) groups is 1. The molecule has 2 aromatic rings. The molecule has 1 aliphatic rings. The third-order valence-corrected chi connectivity index (χ3v) is 4.57. The van der Waals surface area contributed by atoms with Gasteiger partial charge in [0, 0.05) is 25.9 Å². The summed E-state index contributed by atoms with van der Waals surface area (Å²) >= 11 is 0. The summed E-state index contributed by atoms with van der Waals surface area (Å²) in [7, 11) is 1.89. The van der Waals surface area contributed by atoms with Gasteiger partial charge in [-0.3, -0.25) is 4.79 Å². The van der Waals surface area contributed by atoms with Gasteiger partial charge in [-0.05, 0) is 36.5 Å². The summed E-state index contributed by atoms with van der Waals surface area (Å²) in [6.45, 7) is 0. The van der Waals surface area contributed by atoms with Crippen molar-refractivity contribution >= 4 is 5.91 Å². The Balaban J connectivity index is 1.79. The number of hydrogen-bond donors (Lipinski definition) is 1. The first-order valence-corrected chi connectivity index (χ1v) is 8.15. The highest BCUT2D eigenvalue weighted by Crippen LogP contribution is 2.28. The Bertz CT molecular complexity index is 659. The fourth-order valence-corrected chi connectivity index (χ4v) is 3.30. The van der Waals surface area contributed by atoms with Crippen LogP contribution < -0.4 is 5.32 Å². The molecule has 1 atom stereocenters. The molecule has 5 heteroatoms. The third kappa shape index (κ3) is 3.78. The van der Waals surface area contributed by atoms with Crippen molar-refractivity contribution in [1.82, 2.24) is 14.9 Å². The van der Waals surface area contributed by atoms with E-state index >= 15 is 0 Å². The topological polar surface area (TPSA) is 46.9 Å². The number of benzene rings is 1. The molecule has 122 valence electrons. The maximum atomic E-state index is 13.2. The highest BCUT2D eigenvalue weighted by Gasteiger charge is 2.24. The number of rotatable bonds is 5. The van der Waals surface area contributed by atoms with E-state index in [9.17, 15) is 9.18 Å². The van der Waals surface area contributed by atoms with Gasteiger partial charge < -0.3 is 9.88 Å². The number of aryl methyl sites for hydroxylation is 1. The first-order chi connectivity index (χ1) is 11.1. The van der Waals surface area contributed by atoms with Crippen LogP contribution in [0.5, 0.6) is 0 Å². The molecule has 0 saturated heterocycles. The second-order valence-electron chi connectivity index (χ2n) is 6.30. The van der Waals surface area contributed by atoms with Gasteiger partial charge >= 0.3 is 0 Å². The van der Waals surface area contributed by atoms with Crippen molar-refractivity contribution in [3.63, 3.8) is 0 Å².